The zero-order chi connectivity index (χ0) is 21.7. The number of halogens is 3. The monoisotopic (exact) mass is 420 g/mol. The van der Waals surface area contributed by atoms with Gasteiger partial charge in [-0.15, -0.1) is 0 Å². The summed E-state index contributed by atoms with van der Waals surface area (Å²) in [6, 6.07) is 13.0. The number of alkyl halides is 3. The van der Waals surface area contributed by atoms with E-state index in [0.29, 0.717) is 22.6 Å². The third-order valence-corrected chi connectivity index (χ3v) is 4.24. The quantitative estimate of drug-likeness (QED) is 0.372. The van der Waals surface area contributed by atoms with Gasteiger partial charge in [0, 0.05) is 6.07 Å². The topological polar surface area (TPSA) is 87.1 Å². The molecule has 2 aromatic carbocycles. The van der Waals surface area contributed by atoms with Crippen molar-refractivity contribution in [2.24, 2.45) is 5.16 Å². The first-order chi connectivity index (χ1) is 14.2. The number of benzene rings is 2. The molecule has 3 rings (SSSR count). The van der Waals surface area contributed by atoms with Gasteiger partial charge in [0.1, 0.15) is 19.0 Å². The van der Waals surface area contributed by atoms with Crippen LogP contribution in [0.3, 0.4) is 0 Å². The first-order valence-corrected chi connectivity index (χ1v) is 8.88. The molecule has 0 saturated carbocycles. The third kappa shape index (κ3) is 5.47. The molecule has 1 aromatic heterocycles. The summed E-state index contributed by atoms with van der Waals surface area (Å²) in [5.74, 6) is 0.249. The van der Waals surface area contributed by atoms with Gasteiger partial charge in [-0.3, -0.25) is 4.98 Å². The summed E-state index contributed by atoms with van der Waals surface area (Å²) in [4.78, 5) is 7.59. The van der Waals surface area contributed by atoms with Crippen molar-refractivity contribution in [3.8, 4) is 17.5 Å². The molecule has 6 nitrogen and oxygen atoms in total. The number of aromatic amines is 1. The van der Waals surface area contributed by atoms with Gasteiger partial charge in [0.25, 0.3) is 0 Å². The van der Waals surface area contributed by atoms with Gasteiger partial charge in [-0.05, 0) is 54.4 Å². The van der Waals surface area contributed by atoms with Gasteiger partial charge < -0.3 is 19.8 Å². The Bertz CT molecular complexity index is 1010. The van der Waals surface area contributed by atoms with Crippen LogP contribution in [-0.2, 0) is 24.2 Å². The molecule has 0 fully saturated rings. The van der Waals surface area contributed by atoms with Crippen LogP contribution in [0.5, 0.6) is 17.5 Å². The van der Waals surface area contributed by atoms with Crippen LogP contribution < -0.4 is 4.74 Å². The van der Waals surface area contributed by atoms with Gasteiger partial charge in [0.15, 0.2) is 11.8 Å². The maximum atomic E-state index is 12.6. The summed E-state index contributed by atoms with van der Waals surface area (Å²) in [5.41, 5.74) is 1.64. The number of ether oxygens (including phenoxy) is 1. The molecule has 0 spiro atoms. The van der Waals surface area contributed by atoms with Crippen LogP contribution in [0.1, 0.15) is 29.2 Å². The van der Waals surface area contributed by atoms with Gasteiger partial charge in [-0.2, -0.15) is 13.2 Å². The smallest absolute Gasteiger partial charge is 0.416 e. The van der Waals surface area contributed by atoms with Gasteiger partial charge >= 0.3 is 6.18 Å². The lowest BCUT2D eigenvalue weighted by Gasteiger charge is -2.08. The molecule has 0 atom stereocenters. The molecule has 0 unspecified atom stereocenters. The van der Waals surface area contributed by atoms with Crippen molar-refractivity contribution in [1.82, 2.24) is 4.98 Å². The van der Waals surface area contributed by atoms with E-state index in [-0.39, 0.29) is 25.0 Å². The lowest BCUT2D eigenvalue weighted by atomic mass is 10.1. The maximum absolute atomic E-state index is 12.6. The van der Waals surface area contributed by atoms with Gasteiger partial charge in [-0.25, -0.2) is 0 Å². The summed E-state index contributed by atoms with van der Waals surface area (Å²) in [6.45, 7) is 1.86. The molecular formula is C21H19F3N2O4. The summed E-state index contributed by atoms with van der Waals surface area (Å²) in [6.07, 6.45) is -4.37. The average molecular weight is 420 g/mol. The number of nitrogens with one attached hydrogen (secondary N) is 1. The number of H-pyrrole nitrogens is 1. The van der Waals surface area contributed by atoms with E-state index in [0.717, 1.165) is 17.7 Å². The van der Waals surface area contributed by atoms with Gasteiger partial charge in [-0.1, -0.05) is 17.3 Å². The Morgan fingerprint density at radius 2 is 1.67 bits per heavy atom. The highest BCUT2D eigenvalue weighted by Crippen LogP contribution is 2.29. The molecular weight excluding hydrogens is 401 g/mol. The van der Waals surface area contributed by atoms with E-state index in [1.807, 2.05) is 0 Å². The normalized spacial score (nSPS) is 12.1. The molecule has 1 heterocycles. The van der Waals surface area contributed by atoms with E-state index in [9.17, 15) is 23.4 Å². The fourth-order valence-corrected chi connectivity index (χ4v) is 2.58. The molecule has 3 N–H and O–H groups in total. The average Bonchev–Trinajstić information content (AvgIpc) is 3.03. The van der Waals surface area contributed by atoms with Crippen molar-refractivity contribution in [1.29, 1.82) is 0 Å². The third-order valence-electron chi connectivity index (χ3n) is 4.24. The van der Waals surface area contributed by atoms with E-state index in [1.54, 1.807) is 31.2 Å². The summed E-state index contributed by atoms with van der Waals surface area (Å²) in [7, 11) is 0. The largest absolute Gasteiger partial charge is 0.494 e. The van der Waals surface area contributed by atoms with Crippen molar-refractivity contribution in [3.63, 3.8) is 0 Å². The molecule has 30 heavy (non-hydrogen) atoms. The van der Waals surface area contributed by atoms with Crippen LogP contribution in [-0.4, -0.2) is 20.9 Å². The fraction of sp³-hybridized carbons (Fsp3) is 0.190. The first-order valence-electron chi connectivity index (χ1n) is 8.88. The molecule has 0 amide bonds. The molecule has 0 saturated heterocycles. The van der Waals surface area contributed by atoms with Crippen molar-refractivity contribution < 1.29 is 33.0 Å². The van der Waals surface area contributed by atoms with Crippen LogP contribution in [0, 0.1) is 0 Å². The molecule has 0 aliphatic rings. The first kappa shape index (κ1) is 21.1. The molecule has 0 aliphatic heterocycles. The number of oxime groups is 1. The van der Waals surface area contributed by atoms with E-state index in [2.05, 4.69) is 10.1 Å². The Morgan fingerprint density at radius 1 is 1.00 bits per heavy atom. The Balaban J connectivity index is 1.52. The fourth-order valence-electron chi connectivity index (χ4n) is 2.58. The molecule has 9 heteroatoms. The predicted octanol–water partition coefficient (Wildman–Crippen LogP) is 4.96. The summed E-state index contributed by atoms with van der Waals surface area (Å²) < 4.78 is 43.2. The highest BCUT2D eigenvalue weighted by atomic mass is 19.4. The number of rotatable bonds is 7. The highest BCUT2D eigenvalue weighted by molar-refractivity contribution is 5.98. The second kappa shape index (κ2) is 8.81. The van der Waals surface area contributed by atoms with Crippen LogP contribution in [0.25, 0.3) is 0 Å². The van der Waals surface area contributed by atoms with Crippen molar-refractivity contribution in [2.75, 3.05) is 0 Å². The molecule has 0 radical (unpaired) electrons. The lowest BCUT2D eigenvalue weighted by molar-refractivity contribution is -0.137. The van der Waals surface area contributed by atoms with Crippen molar-refractivity contribution in [3.05, 3.63) is 76.9 Å². The van der Waals surface area contributed by atoms with Crippen LogP contribution in [0.4, 0.5) is 13.2 Å². The standard InChI is InChI=1S/C21H19F3N2O4/c1-13(26-30-11-14-2-6-17(7-3-14)21(22,23)24)15-4-8-18(9-5-15)29-12-16-10-19(27)25-20(16)28/h2-10,25,27-28H,11-12H2,1H3. The Labute approximate surface area is 170 Å². The van der Waals surface area contributed by atoms with E-state index in [1.165, 1.54) is 18.2 Å². The van der Waals surface area contributed by atoms with E-state index in [4.69, 9.17) is 9.57 Å². The van der Waals surface area contributed by atoms with Crippen molar-refractivity contribution >= 4 is 5.71 Å². The zero-order valence-corrected chi connectivity index (χ0v) is 15.9. The van der Waals surface area contributed by atoms with Crippen LogP contribution in [0.2, 0.25) is 0 Å². The van der Waals surface area contributed by atoms with Crippen LogP contribution >= 0.6 is 0 Å². The predicted molar refractivity (Wildman–Crippen MR) is 103 cm³/mol. The summed E-state index contributed by atoms with van der Waals surface area (Å²) in [5, 5.41) is 22.8. The molecule has 0 bridgehead atoms. The Morgan fingerprint density at radius 3 is 2.23 bits per heavy atom. The Kier molecular flexibility index (Phi) is 6.20. The number of hydrogen-bond acceptors (Lipinski definition) is 5. The second-order valence-corrected chi connectivity index (χ2v) is 6.49. The molecule has 158 valence electrons. The minimum Gasteiger partial charge on any atom is -0.494 e. The number of aromatic hydroxyl groups is 2. The number of nitrogens with zero attached hydrogens (tertiary/aromatic N) is 1. The van der Waals surface area contributed by atoms with Crippen LogP contribution in [0.15, 0.2) is 59.8 Å². The lowest BCUT2D eigenvalue weighted by Crippen LogP contribution is -2.04. The molecule has 3 aromatic rings. The van der Waals surface area contributed by atoms with Gasteiger partial charge in [0.2, 0.25) is 0 Å². The van der Waals surface area contributed by atoms with E-state index < -0.39 is 11.7 Å². The number of hydrogen-bond donors (Lipinski definition) is 3. The molecule has 0 aliphatic carbocycles. The minimum absolute atomic E-state index is 0.0453. The van der Waals surface area contributed by atoms with E-state index >= 15 is 0 Å². The summed E-state index contributed by atoms with van der Waals surface area (Å²) >= 11 is 0. The van der Waals surface area contributed by atoms with Gasteiger partial charge in [0.05, 0.1) is 16.8 Å². The Hall–Kier alpha value is -3.62. The highest BCUT2D eigenvalue weighted by Gasteiger charge is 2.29. The number of aromatic nitrogens is 1. The maximum Gasteiger partial charge on any atom is 0.416 e. The SMILES string of the molecule is CC(=NOCc1ccc(C(F)(F)F)cc1)c1ccc(OCc2cc(O)[nH]c2O)cc1. The minimum atomic E-state index is -4.37. The van der Waals surface area contributed by atoms with Crippen molar-refractivity contribution in [2.45, 2.75) is 26.3 Å². The second-order valence-electron chi connectivity index (χ2n) is 6.49. The zero-order valence-electron chi connectivity index (χ0n) is 15.9.